The molecular formula is C24H27NO4. The van der Waals surface area contributed by atoms with Gasteiger partial charge in [0.05, 0.1) is 18.2 Å². The lowest BCUT2D eigenvalue weighted by Crippen LogP contribution is -2.33. The molecule has 1 aliphatic heterocycles. The first-order valence-corrected chi connectivity index (χ1v) is 10.1. The van der Waals surface area contributed by atoms with Crippen LogP contribution in [-0.4, -0.2) is 30.2 Å². The van der Waals surface area contributed by atoms with E-state index in [0.29, 0.717) is 29.2 Å². The summed E-state index contributed by atoms with van der Waals surface area (Å²) in [5.41, 5.74) is 2.98. The number of likely N-dealkylation sites (tertiary alicyclic amines) is 1. The summed E-state index contributed by atoms with van der Waals surface area (Å²) in [7, 11) is 1.61. The molecular weight excluding hydrogens is 366 g/mol. The zero-order valence-electron chi connectivity index (χ0n) is 17.2. The summed E-state index contributed by atoms with van der Waals surface area (Å²) in [4.78, 5) is 15.3. The average molecular weight is 393 g/mol. The maximum Gasteiger partial charge on any atom is 0.344 e. The Labute approximate surface area is 170 Å². The van der Waals surface area contributed by atoms with Crippen molar-refractivity contribution in [2.75, 3.05) is 20.2 Å². The first-order valence-electron chi connectivity index (χ1n) is 10.1. The van der Waals surface area contributed by atoms with Gasteiger partial charge in [0.2, 0.25) is 0 Å². The number of benzene rings is 2. The number of hydrogen-bond donors (Lipinski definition) is 1. The molecule has 5 nitrogen and oxygen atoms in total. The minimum atomic E-state index is -0.390. The van der Waals surface area contributed by atoms with Crippen LogP contribution in [0.1, 0.15) is 30.9 Å². The van der Waals surface area contributed by atoms with Crippen LogP contribution in [0.25, 0.3) is 22.1 Å². The molecule has 0 bridgehead atoms. The highest BCUT2D eigenvalue weighted by Gasteiger charge is 2.22. The quantitative estimate of drug-likeness (QED) is 0.650. The number of aryl methyl sites for hydroxylation is 1. The molecule has 0 spiro atoms. The van der Waals surface area contributed by atoms with E-state index >= 15 is 0 Å². The zero-order valence-corrected chi connectivity index (χ0v) is 17.2. The Hall–Kier alpha value is -2.79. The van der Waals surface area contributed by atoms with Crippen molar-refractivity contribution in [3.63, 3.8) is 0 Å². The standard InChI is InChI=1S/C24H27NO4/c1-15-5-4-12-25(13-15)14-20-21(26)11-10-19-16(2)22(24(27)29-23(19)20)17-6-8-18(28-3)9-7-17/h6-11,15,26H,4-5,12-14H2,1-3H3/t15-/m1/s1. The molecule has 0 amide bonds. The summed E-state index contributed by atoms with van der Waals surface area (Å²) in [6.45, 7) is 6.75. The van der Waals surface area contributed by atoms with E-state index in [1.165, 1.54) is 6.42 Å². The fraction of sp³-hybridized carbons (Fsp3) is 0.375. The van der Waals surface area contributed by atoms with Crippen molar-refractivity contribution in [1.82, 2.24) is 4.90 Å². The Morgan fingerprint density at radius 2 is 1.97 bits per heavy atom. The van der Waals surface area contributed by atoms with Gasteiger partial charge in [0.15, 0.2) is 0 Å². The molecule has 1 atom stereocenters. The lowest BCUT2D eigenvalue weighted by molar-refractivity contribution is 0.175. The van der Waals surface area contributed by atoms with E-state index < -0.39 is 0 Å². The van der Waals surface area contributed by atoms with E-state index in [0.717, 1.165) is 41.8 Å². The predicted molar refractivity (Wildman–Crippen MR) is 115 cm³/mol. The molecule has 3 aromatic rings. The van der Waals surface area contributed by atoms with Crippen LogP contribution in [0.5, 0.6) is 11.5 Å². The third-order valence-corrected chi connectivity index (χ3v) is 5.92. The molecule has 1 aliphatic rings. The minimum Gasteiger partial charge on any atom is -0.507 e. The average Bonchev–Trinajstić information content (AvgIpc) is 2.71. The Balaban J connectivity index is 1.81. The number of nitrogens with zero attached hydrogens (tertiary/aromatic N) is 1. The Morgan fingerprint density at radius 3 is 2.66 bits per heavy atom. The molecule has 1 fully saturated rings. The van der Waals surface area contributed by atoms with E-state index in [9.17, 15) is 9.90 Å². The van der Waals surface area contributed by atoms with Gasteiger partial charge in [-0.1, -0.05) is 19.1 Å². The molecule has 152 valence electrons. The lowest BCUT2D eigenvalue weighted by Gasteiger charge is -2.31. The number of fused-ring (bicyclic) bond motifs is 1. The summed E-state index contributed by atoms with van der Waals surface area (Å²) in [5, 5.41) is 11.4. The minimum absolute atomic E-state index is 0.176. The number of hydrogen-bond acceptors (Lipinski definition) is 5. The van der Waals surface area contributed by atoms with E-state index in [4.69, 9.17) is 9.15 Å². The van der Waals surface area contributed by atoms with Crippen LogP contribution in [0, 0.1) is 12.8 Å². The molecule has 1 saturated heterocycles. The van der Waals surface area contributed by atoms with Gasteiger partial charge in [0.25, 0.3) is 0 Å². The van der Waals surface area contributed by atoms with Crippen LogP contribution in [0.3, 0.4) is 0 Å². The lowest BCUT2D eigenvalue weighted by atomic mass is 9.96. The number of ether oxygens (including phenoxy) is 1. The van der Waals surface area contributed by atoms with Crippen molar-refractivity contribution < 1.29 is 14.3 Å². The van der Waals surface area contributed by atoms with Gasteiger partial charge in [-0.3, -0.25) is 4.90 Å². The van der Waals surface area contributed by atoms with Crippen LogP contribution in [0.4, 0.5) is 0 Å². The van der Waals surface area contributed by atoms with E-state index in [1.54, 1.807) is 13.2 Å². The zero-order chi connectivity index (χ0) is 20.5. The Bertz CT molecular complexity index is 1080. The molecule has 1 N–H and O–H groups in total. The van der Waals surface area contributed by atoms with E-state index in [1.807, 2.05) is 37.3 Å². The second-order valence-electron chi connectivity index (χ2n) is 8.04. The molecule has 0 aliphatic carbocycles. The maximum atomic E-state index is 12.9. The number of phenols is 1. The van der Waals surface area contributed by atoms with Crippen molar-refractivity contribution >= 4 is 11.0 Å². The number of methoxy groups -OCH3 is 1. The predicted octanol–water partition coefficient (Wildman–Crippen LogP) is 4.71. The van der Waals surface area contributed by atoms with Gasteiger partial charge in [-0.25, -0.2) is 4.79 Å². The highest BCUT2D eigenvalue weighted by Crippen LogP contribution is 2.34. The fourth-order valence-electron chi connectivity index (χ4n) is 4.36. The molecule has 0 saturated carbocycles. The summed E-state index contributed by atoms with van der Waals surface area (Å²) < 4.78 is 11.0. The number of phenolic OH excluding ortho intramolecular Hbond substituents is 1. The van der Waals surface area contributed by atoms with Crippen molar-refractivity contribution in [2.45, 2.75) is 33.2 Å². The van der Waals surface area contributed by atoms with Gasteiger partial charge in [-0.05, 0) is 67.6 Å². The van der Waals surface area contributed by atoms with Gasteiger partial charge in [-0.2, -0.15) is 0 Å². The number of piperidine rings is 1. The highest BCUT2D eigenvalue weighted by molar-refractivity contribution is 5.89. The molecule has 0 radical (unpaired) electrons. The largest absolute Gasteiger partial charge is 0.507 e. The van der Waals surface area contributed by atoms with Gasteiger partial charge >= 0.3 is 5.63 Å². The number of rotatable bonds is 4. The fourth-order valence-corrected chi connectivity index (χ4v) is 4.36. The van der Waals surface area contributed by atoms with Crippen LogP contribution < -0.4 is 10.4 Å². The second kappa shape index (κ2) is 7.91. The third kappa shape index (κ3) is 3.75. The van der Waals surface area contributed by atoms with Gasteiger partial charge in [0, 0.05) is 18.5 Å². The van der Waals surface area contributed by atoms with Crippen LogP contribution in [0.2, 0.25) is 0 Å². The third-order valence-electron chi connectivity index (χ3n) is 5.92. The smallest absolute Gasteiger partial charge is 0.344 e. The first-order chi connectivity index (χ1) is 14.0. The van der Waals surface area contributed by atoms with Crippen molar-refractivity contribution in [3.8, 4) is 22.6 Å². The van der Waals surface area contributed by atoms with Gasteiger partial charge < -0.3 is 14.3 Å². The summed E-state index contributed by atoms with van der Waals surface area (Å²) in [5.74, 6) is 1.55. The number of aromatic hydroxyl groups is 1. The van der Waals surface area contributed by atoms with Crippen molar-refractivity contribution in [1.29, 1.82) is 0 Å². The summed E-state index contributed by atoms with van der Waals surface area (Å²) >= 11 is 0. The topological polar surface area (TPSA) is 62.9 Å². The SMILES string of the molecule is COc1ccc(-c2c(C)c3ccc(O)c(CN4CCC[C@@H](C)C4)c3oc2=O)cc1. The van der Waals surface area contributed by atoms with Crippen molar-refractivity contribution in [3.05, 3.63) is 57.9 Å². The van der Waals surface area contributed by atoms with Gasteiger partial charge in [-0.15, -0.1) is 0 Å². The van der Waals surface area contributed by atoms with E-state index in [2.05, 4.69) is 11.8 Å². The Morgan fingerprint density at radius 1 is 1.21 bits per heavy atom. The molecule has 4 rings (SSSR count). The first kappa shape index (κ1) is 19.5. The maximum absolute atomic E-state index is 12.9. The summed E-state index contributed by atoms with van der Waals surface area (Å²) in [6, 6.07) is 10.9. The van der Waals surface area contributed by atoms with Crippen LogP contribution in [0.15, 0.2) is 45.6 Å². The van der Waals surface area contributed by atoms with Gasteiger partial charge in [0.1, 0.15) is 17.1 Å². The second-order valence-corrected chi connectivity index (χ2v) is 8.04. The molecule has 5 heteroatoms. The normalized spacial score (nSPS) is 17.6. The molecule has 29 heavy (non-hydrogen) atoms. The molecule has 0 unspecified atom stereocenters. The monoisotopic (exact) mass is 393 g/mol. The van der Waals surface area contributed by atoms with Crippen LogP contribution >= 0.6 is 0 Å². The molecule has 1 aromatic heterocycles. The summed E-state index contributed by atoms with van der Waals surface area (Å²) in [6.07, 6.45) is 2.38. The van der Waals surface area contributed by atoms with Crippen LogP contribution in [-0.2, 0) is 6.54 Å². The van der Waals surface area contributed by atoms with E-state index in [-0.39, 0.29) is 11.4 Å². The highest BCUT2D eigenvalue weighted by atomic mass is 16.5. The van der Waals surface area contributed by atoms with Crippen molar-refractivity contribution in [2.24, 2.45) is 5.92 Å². The Kier molecular flexibility index (Phi) is 5.33. The molecule has 2 heterocycles. The molecule has 2 aromatic carbocycles.